The maximum Gasteiger partial charge on any atom is 0.341 e. The van der Waals surface area contributed by atoms with Gasteiger partial charge in [-0.05, 0) is 29.8 Å². The number of H-pyrrole nitrogens is 1. The van der Waals surface area contributed by atoms with Gasteiger partial charge in [0.05, 0.1) is 16.2 Å². The van der Waals surface area contributed by atoms with Gasteiger partial charge in [-0.1, -0.05) is 11.6 Å². The SMILES string of the molecule is Cn1c(=O)c2[nH]c(-c3ccc(OCC(=O)O)cc3)c(Cl)c2n(C)c1=O. The lowest BCUT2D eigenvalue weighted by Crippen LogP contribution is -2.36. The van der Waals surface area contributed by atoms with Crippen molar-refractivity contribution in [2.45, 2.75) is 0 Å². The van der Waals surface area contributed by atoms with E-state index in [2.05, 4.69) is 4.98 Å². The highest BCUT2D eigenvalue weighted by Gasteiger charge is 2.18. The molecule has 25 heavy (non-hydrogen) atoms. The molecule has 9 heteroatoms. The van der Waals surface area contributed by atoms with E-state index >= 15 is 0 Å². The topological polar surface area (TPSA) is 106 Å². The van der Waals surface area contributed by atoms with Crippen molar-refractivity contribution in [3.8, 4) is 17.0 Å². The van der Waals surface area contributed by atoms with Crippen LogP contribution < -0.4 is 16.0 Å². The van der Waals surface area contributed by atoms with Crippen LogP contribution >= 0.6 is 11.6 Å². The third-order valence-electron chi connectivity index (χ3n) is 3.85. The highest BCUT2D eigenvalue weighted by atomic mass is 35.5. The number of aliphatic carboxylic acids is 1. The number of ether oxygens (including phenoxy) is 1. The molecule has 0 fully saturated rings. The number of hydrogen-bond donors (Lipinski definition) is 2. The lowest BCUT2D eigenvalue weighted by Gasteiger charge is -2.05. The zero-order valence-corrected chi connectivity index (χ0v) is 14.1. The number of carboxylic acids is 1. The van der Waals surface area contributed by atoms with Crippen LogP contribution in [0.5, 0.6) is 5.75 Å². The van der Waals surface area contributed by atoms with E-state index in [1.54, 1.807) is 24.3 Å². The highest BCUT2D eigenvalue weighted by Crippen LogP contribution is 2.33. The Bertz CT molecular complexity index is 1090. The summed E-state index contributed by atoms with van der Waals surface area (Å²) in [5.41, 5.74) is 0.778. The number of aromatic nitrogens is 3. The number of carbonyl (C=O) groups is 1. The summed E-state index contributed by atoms with van der Waals surface area (Å²) < 4.78 is 7.39. The van der Waals surface area contributed by atoms with Crippen LogP contribution in [0.15, 0.2) is 33.9 Å². The van der Waals surface area contributed by atoms with Gasteiger partial charge in [-0.2, -0.15) is 0 Å². The molecular formula is C16H14ClN3O5. The van der Waals surface area contributed by atoms with Crippen LogP contribution in [0, 0.1) is 0 Å². The van der Waals surface area contributed by atoms with Gasteiger partial charge in [-0.15, -0.1) is 0 Å². The average Bonchev–Trinajstić information content (AvgIpc) is 2.94. The maximum atomic E-state index is 12.3. The van der Waals surface area contributed by atoms with Gasteiger partial charge in [0.2, 0.25) is 0 Å². The number of aromatic amines is 1. The Morgan fingerprint density at radius 1 is 1.20 bits per heavy atom. The van der Waals surface area contributed by atoms with Crippen molar-refractivity contribution in [1.29, 1.82) is 0 Å². The van der Waals surface area contributed by atoms with Crippen LogP contribution in [0.2, 0.25) is 5.02 Å². The Morgan fingerprint density at radius 3 is 2.44 bits per heavy atom. The number of hydrogen-bond acceptors (Lipinski definition) is 4. The minimum Gasteiger partial charge on any atom is -0.482 e. The zero-order chi connectivity index (χ0) is 18.3. The molecule has 2 heterocycles. The first kappa shape index (κ1) is 16.8. The Hall–Kier alpha value is -3.00. The van der Waals surface area contributed by atoms with Gasteiger partial charge in [0.15, 0.2) is 6.61 Å². The fourth-order valence-electron chi connectivity index (χ4n) is 2.57. The molecule has 8 nitrogen and oxygen atoms in total. The molecule has 0 saturated carbocycles. The van der Waals surface area contributed by atoms with Crippen LogP contribution in [0.4, 0.5) is 0 Å². The van der Waals surface area contributed by atoms with E-state index in [-0.39, 0.29) is 10.5 Å². The molecule has 0 radical (unpaired) electrons. The number of carboxylic acid groups (broad SMARTS) is 1. The Kier molecular flexibility index (Phi) is 4.13. The monoisotopic (exact) mass is 363 g/mol. The number of nitrogens with one attached hydrogen (secondary N) is 1. The van der Waals surface area contributed by atoms with Gasteiger partial charge in [-0.3, -0.25) is 13.9 Å². The quantitative estimate of drug-likeness (QED) is 0.727. The molecule has 0 spiro atoms. The molecule has 2 aromatic heterocycles. The minimum atomic E-state index is -1.07. The number of rotatable bonds is 4. The lowest BCUT2D eigenvalue weighted by atomic mass is 10.1. The van der Waals surface area contributed by atoms with Gasteiger partial charge in [0.1, 0.15) is 11.3 Å². The molecule has 0 aliphatic rings. The van der Waals surface area contributed by atoms with Crippen LogP contribution in [0.25, 0.3) is 22.3 Å². The van der Waals surface area contributed by atoms with Crippen LogP contribution in [-0.4, -0.2) is 31.8 Å². The number of halogens is 1. The van der Waals surface area contributed by atoms with Crippen LogP contribution in [0.3, 0.4) is 0 Å². The Balaban J connectivity index is 2.11. The Morgan fingerprint density at radius 2 is 1.84 bits per heavy atom. The van der Waals surface area contributed by atoms with E-state index in [1.165, 1.54) is 18.7 Å². The fourth-order valence-corrected chi connectivity index (χ4v) is 2.95. The molecule has 0 bridgehead atoms. The second-order valence-corrected chi connectivity index (χ2v) is 5.83. The van der Waals surface area contributed by atoms with E-state index in [0.717, 1.165) is 4.57 Å². The molecular weight excluding hydrogens is 350 g/mol. The van der Waals surface area contributed by atoms with Crippen molar-refractivity contribution in [3.05, 3.63) is 50.1 Å². The van der Waals surface area contributed by atoms with E-state index < -0.39 is 23.8 Å². The van der Waals surface area contributed by atoms with E-state index in [1.807, 2.05) is 0 Å². The first-order valence-electron chi connectivity index (χ1n) is 7.23. The highest BCUT2D eigenvalue weighted by molar-refractivity contribution is 6.37. The average molecular weight is 364 g/mol. The van der Waals surface area contributed by atoms with E-state index in [9.17, 15) is 14.4 Å². The maximum absolute atomic E-state index is 12.3. The van der Waals surface area contributed by atoms with E-state index in [4.69, 9.17) is 21.4 Å². The molecule has 2 N–H and O–H groups in total. The van der Waals surface area contributed by atoms with Crippen LogP contribution in [-0.2, 0) is 18.9 Å². The molecule has 0 unspecified atom stereocenters. The fraction of sp³-hybridized carbons (Fsp3) is 0.188. The first-order valence-corrected chi connectivity index (χ1v) is 7.61. The normalized spacial score (nSPS) is 11.0. The van der Waals surface area contributed by atoms with Gasteiger partial charge in [0, 0.05) is 14.1 Å². The van der Waals surface area contributed by atoms with Crippen LogP contribution in [0.1, 0.15) is 0 Å². The summed E-state index contributed by atoms with van der Waals surface area (Å²) in [4.78, 5) is 37.8. The van der Waals surface area contributed by atoms with Crippen molar-refractivity contribution in [1.82, 2.24) is 14.1 Å². The van der Waals surface area contributed by atoms with Gasteiger partial charge in [0.25, 0.3) is 5.56 Å². The predicted octanol–water partition coefficient (Wildman–Crippen LogP) is 1.35. The molecule has 0 atom stereocenters. The van der Waals surface area contributed by atoms with Crippen molar-refractivity contribution in [2.24, 2.45) is 14.1 Å². The molecule has 1 aromatic carbocycles. The number of benzene rings is 1. The summed E-state index contributed by atoms with van der Waals surface area (Å²) in [7, 11) is 2.93. The first-order chi connectivity index (χ1) is 11.8. The number of fused-ring (bicyclic) bond motifs is 1. The van der Waals surface area contributed by atoms with Crippen molar-refractivity contribution in [2.75, 3.05) is 6.61 Å². The third-order valence-corrected chi connectivity index (χ3v) is 4.22. The summed E-state index contributed by atoms with van der Waals surface area (Å²) in [6.07, 6.45) is 0. The molecule has 0 saturated heterocycles. The molecule has 0 aliphatic heterocycles. The predicted molar refractivity (Wildman–Crippen MR) is 92.4 cm³/mol. The van der Waals surface area contributed by atoms with Crippen molar-refractivity contribution >= 4 is 28.6 Å². The minimum absolute atomic E-state index is 0.232. The summed E-state index contributed by atoms with van der Waals surface area (Å²) in [6.45, 7) is -0.440. The molecule has 3 aromatic rings. The summed E-state index contributed by atoms with van der Waals surface area (Å²) in [5.74, 6) is -0.679. The van der Waals surface area contributed by atoms with Crippen molar-refractivity contribution in [3.63, 3.8) is 0 Å². The van der Waals surface area contributed by atoms with Crippen molar-refractivity contribution < 1.29 is 14.6 Å². The van der Waals surface area contributed by atoms with Gasteiger partial charge >= 0.3 is 11.7 Å². The standard InChI is InChI=1S/C16H14ClN3O5/c1-19-14-11(17)12(18-13(14)15(23)20(2)16(19)24)8-3-5-9(6-4-8)25-7-10(21)22/h3-6,18H,7H2,1-2H3,(H,21,22). The molecule has 3 rings (SSSR count). The molecule has 0 amide bonds. The molecule has 0 aliphatic carbocycles. The molecule has 130 valence electrons. The number of nitrogens with zero attached hydrogens (tertiary/aromatic N) is 2. The summed E-state index contributed by atoms with van der Waals surface area (Å²) >= 11 is 6.39. The zero-order valence-electron chi connectivity index (χ0n) is 13.4. The third kappa shape index (κ3) is 2.80. The number of aryl methyl sites for hydroxylation is 1. The second kappa shape index (κ2) is 6.14. The van der Waals surface area contributed by atoms with E-state index in [0.29, 0.717) is 22.5 Å². The van der Waals surface area contributed by atoms with Gasteiger partial charge in [-0.25, -0.2) is 9.59 Å². The smallest absolute Gasteiger partial charge is 0.341 e. The Labute approximate surface area is 145 Å². The lowest BCUT2D eigenvalue weighted by molar-refractivity contribution is -0.139. The summed E-state index contributed by atoms with van der Waals surface area (Å²) in [6, 6.07) is 6.54. The van der Waals surface area contributed by atoms with Gasteiger partial charge < -0.3 is 14.8 Å². The largest absolute Gasteiger partial charge is 0.482 e. The second-order valence-electron chi connectivity index (χ2n) is 5.45. The summed E-state index contributed by atoms with van der Waals surface area (Å²) in [5, 5.41) is 8.87.